The van der Waals surface area contributed by atoms with Crippen molar-refractivity contribution in [3.63, 3.8) is 0 Å². The third-order valence-corrected chi connectivity index (χ3v) is 17.9. The van der Waals surface area contributed by atoms with E-state index < -0.39 is 13.3 Å². The van der Waals surface area contributed by atoms with Crippen molar-refractivity contribution in [3.05, 3.63) is 12.3 Å². The summed E-state index contributed by atoms with van der Waals surface area (Å²) in [7, 11) is 0. The van der Waals surface area contributed by atoms with E-state index in [1.165, 1.54) is 67.1 Å². The molecule has 0 aromatic carbocycles. The van der Waals surface area contributed by atoms with Crippen LogP contribution in [0.3, 0.4) is 0 Å². The Labute approximate surface area is 148 Å². The van der Waals surface area contributed by atoms with Crippen molar-refractivity contribution in [2.24, 2.45) is 0 Å². The van der Waals surface area contributed by atoms with Gasteiger partial charge in [-0.3, -0.25) is 0 Å². The Morgan fingerprint density at radius 1 is 0.870 bits per heavy atom. The molecule has 0 spiro atoms. The topological polar surface area (TPSA) is 29.5 Å². The fourth-order valence-electron chi connectivity index (χ4n) is 3.71. The summed E-state index contributed by atoms with van der Waals surface area (Å²) in [6.45, 7) is 9.86. The van der Waals surface area contributed by atoms with Gasteiger partial charge in [0.25, 0.3) is 0 Å². The van der Waals surface area contributed by atoms with Crippen LogP contribution in [0.5, 0.6) is 0 Å². The number of hydrogen-bond donors (Lipinski definition) is 1. The molecule has 0 amide bonds. The van der Waals surface area contributed by atoms with Gasteiger partial charge in [0.1, 0.15) is 0 Å². The molecule has 0 radical (unpaired) electrons. The van der Waals surface area contributed by atoms with Crippen LogP contribution in [0, 0.1) is 0 Å². The molecule has 0 aromatic heterocycles. The quantitative estimate of drug-likeness (QED) is 0.185. The minimum atomic E-state index is -1.91. The van der Waals surface area contributed by atoms with Crippen molar-refractivity contribution in [3.8, 4) is 0 Å². The van der Waals surface area contributed by atoms with Gasteiger partial charge in [0.2, 0.25) is 0 Å². The average molecular weight is 387 g/mol. The molecule has 1 atom stereocenters. The van der Waals surface area contributed by atoms with Gasteiger partial charge in [-0.05, 0) is 0 Å². The number of aliphatic hydroxyl groups is 1. The average Bonchev–Trinajstić information content (AvgIpc) is 2.57. The Kier molecular flexibility index (Phi) is 15.6. The first-order valence-electron chi connectivity index (χ1n) is 10.1. The fourth-order valence-corrected chi connectivity index (χ4v) is 17.2. The molecular formula is C20H42GeO2. The number of allylic oxidation sites excluding steroid dienone is 1. The van der Waals surface area contributed by atoms with E-state index in [2.05, 4.69) is 33.8 Å². The van der Waals surface area contributed by atoms with Gasteiger partial charge in [-0.2, -0.15) is 0 Å². The summed E-state index contributed by atoms with van der Waals surface area (Å²) in [5, 5.41) is 13.5. The van der Waals surface area contributed by atoms with Crippen molar-refractivity contribution in [1.82, 2.24) is 0 Å². The van der Waals surface area contributed by atoms with Crippen LogP contribution in [0.1, 0.15) is 79.1 Å². The van der Waals surface area contributed by atoms with Crippen molar-refractivity contribution in [2.45, 2.75) is 99.6 Å². The van der Waals surface area contributed by atoms with Crippen LogP contribution in [0.25, 0.3) is 0 Å². The van der Waals surface area contributed by atoms with Crippen molar-refractivity contribution in [1.29, 1.82) is 0 Å². The Hall–Kier alpha value is 0.0429. The molecule has 23 heavy (non-hydrogen) atoms. The number of hydrogen-bond acceptors (Lipinski definition) is 2. The second-order valence-corrected chi connectivity index (χ2v) is 17.4. The molecule has 1 N–H and O–H groups in total. The normalized spacial score (nSPS) is 13.6. The van der Waals surface area contributed by atoms with E-state index in [0.717, 1.165) is 4.75 Å². The first-order chi connectivity index (χ1) is 11.2. The molecule has 0 aromatic rings. The minimum absolute atomic E-state index is 0.108. The maximum atomic E-state index is 8.90. The summed E-state index contributed by atoms with van der Waals surface area (Å²) in [5.74, 6) is 0. The van der Waals surface area contributed by atoms with Gasteiger partial charge in [0, 0.05) is 0 Å². The third-order valence-electron chi connectivity index (χ3n) is 5.09. The predicted octanol–water partition coefficient (Wildman–Crippen LogP) is 6.53. The summed E-state index contributed by atoms with van der Waals surface area (Å²) in [6.07, 6.45) is 15.1. The molecule has 0 fully saturated rings. The molecule has 2 nitrogen and oxygen atoms in total. The number of ether oxygens (including phenoxy) is 1. The van der Waals surface area contributed by atoms with Crippen LogP contribution in [-0.4, -0.2) is 31.6 Å². The summed E-state index contributed by atoms with van der Waals surface area (Å²) in [5.41, 5.74) is 0. The predicted molar refractivity (Wildman–Crippen MR) is 106 cm³/mol. The van der Waals surface area contributed by atoms with Crippen LogP contribution in [0.15, 0.2) is 12.3 Å². The number of aliphatic hydroxyl groups excluding tert-OH is 1. The second kappa shape index (κ2) is 15.6. The number of unbranched alkanes of at least 4 members (excludes halogenated alkanes) is 3. The molecule has 0 aliphatic heterocycles. The van der Waals surface area contributed by atoms with Crippen LogP contribution >= 0.6 is 0 Å². The monoisotopic (exact) mass is 388 g/mol. The first kappa shape index (κ1) is 23.0. The van der Waals surface area contributed by atoms with Crippen LogP contribution in [-0.2, 0) is 4.74 Å². The third kappa shape index (κ3) is 9.81. The van der Waals surface area contributed by atoms with E-state index in [4.69, 9.17) is 9.84 Å². The van der Waals surface area contributed by atoms with E-state index in [0.29, 0.717) is 6.61 Å². The van der Waals surface area contributed by atoms with Crippen molar-refractivity contribution >= 4 is 13.3 Å². The Balaban J connectivity index is 5.22. The second-order valence-electron chi connectivity index (χ2n) is 6.99. The SMILES string of the molecule is CCC[CH2][Ge]([CH2]CCC)([CH2]CCC)[CH](/C=C/OCCO)CCC. The van der Waals surface area contributed by atoms with Gasteiger partial charge < -0.3 is 0 Å². The van der Waals surface area contributed by atoms with Gasteiger partial charge in [-0.1, -0.05) is 0 Å². The van der Waals surface area contributed by atoms with Crippen molar-refractivity contribution in [2.75, 3.05) is 13.2 Å². The molecule has 1 unspecified atom stereocenters. The fraction of sp³-hybridized carbons (Fsp3) is 0.900. The molecule has 0 saturated carbocycles. The van der Waals surface area contributed by atoms with E-state index in [-0.39, 0.29) is 6.61 Å². The summed E-state index contributed by atoms with van der Waals surface area (Å²) >= 11 is -1.91. The molecule has 0 aliphatic rings. The van der Waals surface area contributed by atoms with Crippen molar-refractivity contribution < 1.29 is 9.84 Å². The zero-order chi connectivity index (χ0) is 17.4. The van der Waals surface area contributed by atoms with Crippen LogP contribution in [0.4, 0.5) is 0 Å². The Morgan fingerprint density at radius 3 is 1.78 bits per heavy atom. The molecule has 0 saturated heterocycles. The van der Waals surface area contributed by atoms with Crippen LogP contribution in [0.2, 0.25) is 20.5 Å². The van der Waals surface area contributed by atoms with Gasteiger partial charge in [0.15, 0.2) is 0 Å². The van der Waals surface area contributed by atoms with E-state index in [9.17, 15) is 0 Å². The summed E-state index contributed by atoms with van der Waals surface area (Å²) < 4.78 is 6.26. The van der Waals surface area contributed by atoms with Crippen LogP contribution < -0.4 is 0 Å². The molecule has 0 aliphatic carbocycles. The molecule has 0 heterocycles. The first-order valence-corrected chi connectivity index (χ1v) is 15.8. The summed E-state index contributed by atoms with van der Waals surface area (Å²) in [4.78, 5) is 0. The molecule has 0 rings (SSSR count). The standard InChI is InChI=1S/C20H42GeO2/c1-5-9-14-21(15-10-6-2,16-11-7-3)20(12-8-4)13-18-23-19-17-22/h13,18,20,22H,5-12,14-17,19H2,1-4H3/b18-13+. The summed E-state index contributed by atoms with van der Waals surface area (Å²) in [6, 6.07) is 0. The maximum absolute atomic E-state index is 8.90. The van der Waals surface area contributed by atoms with E-state index >= 15 is 0 Å². The van der Waals surface area contributed by atoms with Gasteiger partial charge >= 0.3 is 148 Å². The van der Waals surface area contributed by atoms with Gasteiger partial charge in [-0.25, -0.2) is 0 Å². The van der Waals surface area contributed by atoms with E-state index in [1.807, 2.05) is 6.26 Å². The molecule has 0 bridgehead atoms. The Morgan fingerprint density at radius 2 is 1.39 bits per heavy atom. The van der Waals surface area contributed by atoms with Gasteiger partial charge in [0.05, 0.1) is 0 Å². The van der Waals surface area contributed by atoms with Gasteiger partial charge in [-0.15, -0.1) is 0 Å². The number of rotatable bonds is 16. The zero-order valence-corrected chi connectivity index (χ0v) is 18.4. The zero-order valence-electron chi connectivity index (χ0n) is 16.3. The molecule has 3 heteroatoms. The molecular weight excluding hydrogens is 345 g/mol. The van der Waals surface area contributed by atoms with E-state index in [1.54, 1.807) is 0 Å². The molecule has 138 valence electrons. The Bertz CT molecular complexity index is 257.